The van der Waals surface area contributed by atoms with E-state index in [-0.39, 0.29) is 0 Å². The van der Waals surface area contributed by atoms with Crippen molar-refractivity contribution in [2.75, 3.05) is 26.1 Å². The van der Waals surface area contributed by atoms with E-state index < -0.39 is 0 Å². The summed E-state index contributed by atoms with van der Waals surface area (Å²) in [5, 5.41) is 0. The highest BCUT2D eigenvalue weighted by Gasteiger charge is 1.99. The maximum absolute atomic E-state index is 5.78. The molecule has 0 saturated carbocycles. The van der Waals surface area contributed by atoms with Gasteiger partial charge in [0.2, 0.25) is 0 Å². The molecule has 0 heterocycles. The van der Waals surface area contributed by atoms with E-state index >= 15 is 0 Å². The zero-order chi connectivity index (χ0) is 10.4. The first-order valence-electron chi connectivity index (χ1n) is 4.41. The van der Waals surface area contributed by atoms with Gasteiger partial charge in [-0.3, -0.25) is 0 Å². The molecule has 1 rings (SSSR count). The second-order valence-electron chi connectivity index (χ2n) is 2.88. The summed E-state index contributed by atoms with van der Waals surface area (Å²) in [6.07, 6.45) is 0.877. The lowest BCUT2D eigenvalue weighted by atomic mass is 10.3. The van der Waals surface area contributed by atoms with Crippen LogP contribution in [0.5, 0.6) is 5.75 Å². The van der Waals surface area contributed by atoms with Gasteiger partial charge in [0.05, 0.1) is 12.3 Å². The molecule has 0 atom stereocenters. The van der Waals surface area contributed by atoms with Crippen LogP contribution in [0, 0.1) is 3.57 Å². The SMILES string of the molecule is COCCCOc1ccc(I)cc1N. The molecule has 0 saturated heterocycles. The van der Waals surface area contributed by atoms with Gasteiger partial charge in [-0.25, -0.2) is 0 Å². The molecule has 1 aromatic rings. The van der Waals surface area contributed by atoms with E-state index in [0.717, 1.165) is 15.7 Å². The highest BCUT2D eigenvalue weighted by molar-refractivity contribution is 14.1. The maximum atomic E-state index is 5.78. The molecule has 0 aliphatic rings. The van der Waals surface area contributed by atoms with Crippen molar-refractivity contribution in [1.29, 1.82) is 0 Å². The summed E-state index contributed by atoms with van der Waals surface area (Å²) in [5.41, 5.74) is 6.46. The van der Waals surface area contributed by atoms with E-state index in [1.54, 1.807) is 7.11 Å². The molecule has 14 heavy (non-hydrogen) atoms. The smallest absolute Gasteiger partial charge is 0.142 e. The number of benzene rings is 1. The number of rotatable bonds is 5. The van der Waals surface area contributed by atoms with Crippen LogP contribution in [0.25, 0.3) is 0 Å². The molecule has 0 fully saturated rings. The van der Waals surface area contributed by atoms with Crippen molar-refractivity contribution in [1.82, 2.24) is 0 Å². The van der Waals surface area contributed by atoms with Crippen LogP contribution >= 0.6 is 22.6 Å². The van der Waals surface area contributed by atoms with E-state index in [1.165, 1.54) is 0 Å². The van der Waals surface area contributed by atoms with Crippen LogP contribution in [0.1, 0.15) is 6.42 Å². The quantitative estimate of drug-likeness (QED) is 0.516. The van der Waals surface area contributed by atoms with Crippen LogP contribution in [-0.4, -0.2) is 20.3 Å². The summed E-state index contributed by atoms with van der Waals surface area (Å²) in [6.45, 7) is 1.35. The Morgan fingerprint density at radius 1 is 1.36 bits per heavy atom. The lowest BCUT2D eigenvalue weighted by Gasteiger charge is -2.08. The van der Waals surface area contributed by atoms with E-state index in [0.29, 0.717) is 18.9 Å². The van der Waals surface area contributed by atoms with Gasteiger partial charge < -0.3 is 15.2 Å². The van der Waals surface area contributed by atoms with Crippen molar-refractivity contribution in [3.8, 4) is 5.75 Å². The summed E-state index contributed by atoms with van der Waals surface area (Å²) in [4.78, 5) is 0. The van der Waals surface area contributed by atoms with Crippen molar-refractivity contribution < 1.29 is 9.47 Å². The molecule has 0 aromatic heterocycles. The molecular weight excluding hydrogens is 293 g/mol. The molecule has 0 bridgehead atoms. The fourth-order valence-corrected chi connectivity index (χ4v) is 1.55. The Kier molecular flexibility index (Phi) is 5.03. The fourth-order valence-electron chi connectivity index (χ4n) is 1.04. The summed E-state index contributed by atoms with van der Waals surface area (Å²) in [5.74, 6) is 0.751. The topological polar surface area (TPSA) is 44.5 Å². The average molecular weight is 307 g/mol. The number of halogens is 1. The minimum absolute atomic E-state index is 0.638. The molecule has 0 radical (unpaired) electrons. The van der Waals surface area contributed by atoms with E-state index in [4.69, 9.17) is 15.2 Å². The third-order valence-electron chi connectivity index (χ3n) is 1.72. The van der Waals surface area contributed by atoms with Gasteiger partial charge in [-0.1, -0.05) is 0 Å². The molecular formula is C10H14INO2. The number of nitrogen functional groups attached to an aromatic ring is 1. The first-order valence-corrected chi connectivity index (χ1v) is 5.48. The van der Waals surface area contributed by atoms with Gasteiger partial charge in [-0.2, -0.15) is 0 Å². The van der Waals surface area contributed by atoms with Gasteiger partial charge in [0.25, 0.3) is 0 Å². The highest BCUT2D eigenvalue weighted by Crippen LogP contribution is 2.23. The molecule has 3 nitrogen and oxygen atoms in total. The number of anilines is 1. The second-order valence-corrected chi connectivity index (χ2v) is 4.12. The minimum atomic E-state index is 0.638. The Labute approximate surface area is 97.7 Å². The van der Waals surface area contributed by atoms with Crippen molar-refractivity contribution in [3.63, 3.8) is 0 Å². The van der Waals surface area contributed by atoms with Gasteiger partial charge in [0.1, 0.15) is 5.75 Å². The third kappa shape index (κ3) is 3.71. The second kappa shape index (κ2) is 6.08. The first kappa shape index (κ1) is 11.6. The summed E-state index contributed by atoms with van der Waals surface area (Å²) < 4.78 is 11.5. The number of ether oxygens (including phenoxy) is 2. The first-order chi connectivity index (χ1) is 6.74. The van der Waals surface area contributed by atoms with Crippen LogP contribution in [-0.2, 0) is 4.74 Å². The molecule has 1 aromatic carbocycles. The van der Waals surface area contributed by atoms with Crippen LogP contribution in [0.3, 0.4) is 0 Å². The van der Waals surface area contributed by atoms with E-state index in [2.05, 4.69) is 22.6 Å². The van der Waals surface area contributed by atoms with Crippen LogP contribution in [0.4, 0.5) is 5.69 Å². The zero-order valence-electron chi connectivity index (χ0n) is 8.13. The molecule has 0 amide bonds. The van der Waals surface area contributed by atoms with E-state index in [1.807, 2.05) is 18.2 Å². The average Bonchev–Trinajstić information content (AvgIpc) is 2.15. The van der Waals surface area contributed by atoms with Crippen molar-refractivity contribution in [2.24, 2.45) is 0 Å². The molecule has 4 heteroatoms. The Morgan fingerprint density at radius 3 is 2.79 bits per heavy atom. The Balaban J connectivity index is 2.42. The number of hydrogen-bond donors (Lipinski definition) is 1. The van der Waals surface area contributed by atoms with Gasteiger partial charge >= 0.3 is 0 Å². The fraction of sp³-hybridized carbons (Fsp3) is 0.400. The van der Waals surface area contributed by atoms with Crippen LogP contribution < -0.4 is 10.5 Å². The largest absolute Gasteiger partial charge is 0.491 e. The summed E-state index contributed by atoms with van der Waals surface area (Å²) in [6, 6.07) is 5.76. The standard InChI is InChI=1S/C10H14INO2/c1-13-5-2-6-14-10-4-3-8(11)7-9(10)12/h3-4,7H,2,5-6,12H2,1H3. The normalized spacial score (nSPS) is 10.1. The summed E-state index contributed by atoms with van der Waals surface area (Å²) in [7, 11) is 1.68. The Bertz CT molecular complexity index is 291. The van der Waals surface area contributed by atoms with E-state index in [9.17, 15) is 0 Å². The minimum Gasteiger partial charge on any atom is -0.491 e. The molecule has 0 aliphatic heterocycles. The van der Waals surface area contributed by atoms with Crippen molar-refractivity contribution in [2.45, 2.75) is 6.42 Å². The number of methoxy groups -OCH3 is 1. The van der Waals surface area contributed by atoms with Gasteiger partial charge in [-0.15, -0.1) is 0 Å². The number of hydrogen-bond acceptors (Lipinski definition) is 3. The monoisotopic (exact) mass is 307 g/mol. The van der Waals surface area contributed by atoms with Gasteiger partial charge in [0.15, 0.2) is 0 Å². The van der Waals surface area contributed by atoms with Crippen molar-refractivity contribution in [3.05, 3.63) is 21.8 Å². The third-order valence-corrected chi connectivity index (χ3v) is 2.39. The predicted molar refractivity (Wildman–Crippen MR) is 65.6 cm³/mol. The molecule has 0 spiro atoms. The van der Waals surface area contributed by atoms with Crippen LogP contribution in [0.2, 0.25) is 0 Å². The molecule has 78 valence electrons. The molecule has 2 N–H and O–H groups in total. The lowest BCUT2D eigenvalue weighted by molar-refractivity contribution is 0.172. The Hall–Kier alpha value is -0.490. The lowest BCUT2D eigenvalue weighted by Crippen LogP contribution is -2.03. The van der Waals surface area contributed by atoms with Gasteiger partial charge in [-0.05, 0) is 40.8 Å². The molecule has 0 aliphatic carbocycles. The van der Waals surface area contributed by atoms with Crippen molar-refractivity contribution >= 4 is 28.3 Å². The highest BCUT2D eigenvalue weighted by atomic mass is 127. The molecule has 0 unspecified atom stereocenters. The zero-order valence-corrected chi connectivity index (χ0v) is 10.3. The predicted octanol–water partition coefficient (Wildman–Crippen LogP) is 2.29. The van der Waals surface area contributed by atoms with Gasteiger partial charge in [0, 0.05) is 23.7 Å². The maximum Gasteiger partial charge on any atom is 0.142 e. The summed E-state index contributed by atoms with van der Waals surface area (Å²) >= 11 is 2.22. The van der Waals surface area contributed by atoms with Crippen LogP contribution in [0.15, 0.2) is 18.2 Å². The number of nitrogens with two attached hydrogens (primary N) is 1. The Morgan fingerprint density at radius 2 is 2.14 bits per heavy atom.